The van der Waals surface area contributed by atoms with Crippen molar-refractivity contribution in [1.29, 1.82) is 0 Å². The zero-order valence-corrected chi connectivity index (χ0v) is 11.7. The molecule has 0 spiro atoms. The summed E-state index contributed by atoms with van der Waals surface area (Å²) in [4.78, 5) is 11.3. The molecular weight excluding hydrogens is 260 g/mol. The van der Waals surface area contributed by atoms with Gasteiger partial charge in [0.1, 0.15) is 0 Å². The van der Waals surface area contributed by atoms with Crippen LogP contribution in [-0.4, -0.2) is 23.1 Å². The summed E-state index contributed by atoms with van der Waals surface area (Å²) >= 11 is 0. The highest BCUT2D eigenvalue weighted by molar-refractivity contribution is 5.94. The van der Waals surface area contributed by atoms with Gasteiger partial charge < -0.3 is 13.9 Å². The van der Waals surface area contributed by atoms with Crippen LogP contribution in [0.15, 0.2) is 22.6 Å². The maximum atomic E-state index is 11.3. The van der Waals surface area contributed by atoms with Gasteiger partial charge in [-0.1, -0.05) is 6.92 Å². The number of ketones is 1. The molecular formula is C14H16N2O4. The van der Waals surface area contributed by atoms with Gasteiger partial charge in [0, 0.05) is 12.0 Å². The number of hydrogen-bond acceptors (Lipinski definition) is 6. The zero-order chi connectivity index (χ0) is 14.5. The highest BCUT2D eigenvalue weighted by atomic mass is 16.5. The average Bonchev–Trinajstić information content (AvgIpc) is 2.92. The van der Waals surface area contributed by atoms with Crippen LogP contribution in [0.3, 0.4) is 0 Å². The molecule has 1 aromatic heterocycles. The van der Waals surface area contributed by atoms with E-state index in [-0.39, 0.29) is 12.4 Å². The van der Waals surface area contributed by atoms with Crippen LogP contribution in [0.25, 0.3) is 0 Å². The number of rotatable bonds is 6. The first-order valence-electron chi connectivity index (χ1n) is 6.27. The third kappa shape index (κ3) is 3.14. The van der Waals surface area contributed by atoms with E-state index in [9.17, 15) is 4.79 Å². The molecule has 0 aliphatic rings. The maximum absolute atomic E-state index is 11.3. The van der Waals surface area contributed by atoms with Crippen molar-refractivity contribution >= 4 is 5.78 Å². The van der Waals surface area contributed by atoms with E-state index in [0.29, 0.717) is 35.3 Å². The minimum Gasteiger partial charge on any atom is -0.493 e. The van der Waals surface area contributed by atoms with E-state index in [2.05, 4.69) is 10.2 Å². The van der Waals surface area contributed by atoms with Gasteiger partial charge in [-0.3, -0.25) is 4.79 Å². The van der Waals surface area contributed by atoms with Crippen molar-refractivity contribution in [2.45, 2.75) is 26.9 Å². The summed E-state index contributed by atoms with van der Waals surface area (Å²) in [5.41, 5.74) is 0.570. The molecule has 106 valence electrons. The zero-order valence-electron chi connectivity index (χ0n) is 11.7. The molecule has 1 heterocycles. The second-order valence-electron chi connectivity index (χ2n) is 4.15. The molecule has 0 radical (unpaired) electrons. The molecule has 0 aliphatic carbocycles. The summed E-state index contributed by atoms with van der Waals surface area (Å²) < 4.78 is 16.1. The summed E-state index contributed by atoms with van der Waals surface area (Å²) in [5, 5.41) is 7.72. The number of methoxy groups -OCH3 is 1. The van der Waals surface area contributed by atoms with Crippen LogP contribution >= 0.6 is 0 Å². The van der Waals surface area contributed by atoms with Gasteiger partial charge in [0.2, 0.25) is 5.89 Å². The third-order valence-corrected chi connectivity index (χ3v) is 2.73. The Kier molecular flexibility index (Phi) is 4.34. The number of carbonyl (C=O) groups excluding carboxylic acids is 1. The number of benzene rings is 1. The lowest BCUT2D eigenvalue weighted by atomic mass is 10.1. The second kappa shape index (κ2) is 6.18. The van der Waals surface area contributed by atoms with Gasteiger partial charge in [-0.2, -0.15) is 0 Å². The topological polar surface area (TPSA) is 74.5 Å². The van der Waals surface area contributed by atoms with Gasteiger partial charge in [0.05, 0.1) is 7.11 Å². The van der Waals surface area contributed by atoms with Gasteiger partial charge in [-0.25, -0.2) is 0 Å². The molecule has 0 unspecified atom stereocenters. The van der Waals surface area contributed by atoms with Gasteiger partial charge in [0.15, 0.2) is 23.9 Å². The fourth-order valence-electron chi connectivity index (χ4n) is 1.63. The third-order valence-electron chi connectivity index (χ3n) is 2.73. The molecule has 0 aliphatic heterocycles. The molecule has 0 saturated heterocycles. The average molecular weight is 276 g/mol. The lowest BCUT2D eigenvalue weighted by molar-refractivity contribution is 0.101. The minimum atomic E-state index is -0.0284. The smallest absolute Gasteiger partial charge is 0.253 e. The number of carbonyl (C=O) groups is 1. The van der Waals surface area contributed by atoms with Crippen molar-refractivity contribution in [3.8, 4) is 11.5 Å². The number of aryl methyl sites for hydroxylation is 1. The van der Waals surface area contributed by atoms with Gasteiger partial charge in [-0.15, -0.1) is 10.2 Å². The normalized spacial score (nSPS) is 10.3. The Morgan fingerprint density at radius 1 is 1.25 bits per heavy atom. The van der Waals surface area contributed by atoms with E-state index in [1.807, 2.05) is 6.92 Å². The van der Waals surface area contributed by atoms with Crippen LogP contribution in [0.1, 0.15) is 36.0 Å². The first-order valence-corrected chi connectivity index (χ1v) is 6.27. The van der Waals surface area contributed by atoms with Crippen LogP contribution in [-0.2, 0) is 13.0 Å². The number of ether oxygens (including phenoxy) is 2. The molecule has 0 N–H and O–H groups in total. The number of aromatic nitrogens is 2. The molecule has 0 bridgehead atoms. The van der Waals surface area contributed by atoms with Gasteiger partial charge in [-0.05, 0) is 25.1 Å². The fourth-order valence-corrected chi connectivity index (χ4v) is 1.63. The van der Waals surface area contributed by atoms with E-state index >= 15 is 0 Å². The molecule has 2 aromatic rings. The van der Waals surface area contributed by atoms with Gasteiger partial charge >= 0.3 is 0 Å². The highest BCUT2D eigenvalue weighted by Gasteiger charge is 2.10. The van der Waals surface area contributed by atoms with Gasteiger partial charge in [0.25, 0.3) is 5.89 Å². The Morgan fingerprint density at radius 2 is 2.00 bits per heavy atom. The molecule has 0 amide bonds. The Labute approximate surface area is 116 Å². The van der Waals surface area contributed by atoms with Crippen LogP contribution in [0.2, 0.25) is 0 Å². The van der Waals surface area contributed by atoms with E-state index in [0.717, 1.165) is 0 Å². The lowest BCUT2D eigenvalue weighted by Gasteiger charge is -2.10. The van der Waals surface area contributed by atoms with Crippen molar-refractivity contribution in [2.75, 3.05) is 7.11 Å². The Bertz CT molecular complexity index is 607. The quantitative estimate of drug-likeness (QED) is 0.754. The predicted molar refractivity (Wildman–Crippen MR) is 71.0 cm³/mol. The Hall–Kier alpha value is -2.37. The summed E-state index contributed by atoms with van der Waals surface area (Å²) in [6, 6.07) is 5.01. The molecule has 0 saturated carbocycles. The predicted octanol–water partition coefficient (Wildman–Crippen LogP) is 2.42. The second-order valence-corrected chi connectivity index (χ2v) is 4.15. The molecule has 0 atom stereocenters. The van der Waals surface area contributed by atoms with Crippen molar-refractivity contribution in [3.05, 3.63) is 35.5 Å². The Balaban J connectivity index is 2.10. The van der Waals surface area contributed by atoms with Crippen molar-refractivity contribution < 1.29 is 18.7 Å². The molecule has 0 fully saturated rings. The summed E-state index contributed by atoms with van der Waals surface area (Å²) in [7, 11) is 1.52. The fraction of sp³-hybridized carbons (Fsp3) is 0.357. The monoisotopic (exact) mass is 276 g/mol. The Morgan fingerprint density at radius 3 is 2.60 bits per heavy atom. The van der Waals surface area contributed by atoms with E-state index in [1.165, 1.54) is 14.0 Å². The number of nitrogens with zero attached hydrogens (tertiary/aromatic N) is 2. The van der Waals surface area contributed by atoms with Crippen LogP contribution < -0.4 is 9.47 Å². The molecule has 1 aromatic carbocycles. The van der Waals surface area contributed by atoms with Crippen molar-refractivity contribution in [1.82, 2.24) is 10.2 Å². The molecule has 6 heteroatoms. The molecule has 6 nitrogen and oxygen atoms in total. The standard InChI is InChI=1S/C14H16N2O4/c1-4-13-15-16-14(20-13)8-19-11-6-5-10(9(2)17)7-12(11)18-3/h5-7H,4,8H2,1-3H3. The lowest BCUT2D eigenvalue weighted by Crippen LogP contribution is -2.00. The SMILES string of the molecule is CCc1nnc(COc2ccc(C(C)=O)cc2OC)o1. The largest absolute Gasteiger partial charge is 0.493 e. The summed E-state index contributed by atoms with van der Waals surface area (Å²) in [5.74, 6) is 1.96. The number of hydrogen-bond donors (Lipinski definition) is 0. The van der Waals surface area contributed by atoms with E-state index < -0.39 is 0 Å². The summed E-state index contributed by atoms with van der Waals surface area (Å²) in [6.07, 6.45) is 0.684. The molecule has 2 rings (SSSR count). The molecule has 20 heavy (non-hydrogen) atoms. The van der Waals surface area contributed by atoms with Crippen LogP contribution in [0.5, 0.6) is 11.5 Å². The van der Waals surface area contributed by atoms with E-state index in [4.69, 9.17) is 13.9 Å². The summed E-state index contributed by atoms with van der Waals surface area (Å²) in [6.45, 7) is 3.59. The minimum absolute atomic E-state index is 0.0284. The first kappa shape index (κ1) is 14.0. The van der Waals surface area contributed by atoms with E-state index in [1.54, 1.807) is 18.2 Å². The first-order chi connectivity index (χ1) is 9.63. The van der Waals surface area contributed by atoms with Crippen molar-refractivity contribution in [2.24, 2.45) is 0 Å². The maximum Gasteiger partial charge on any atom is 0.253 e. The van der Waals surface area contributed by atoms with Crippen molar-refractivity contribution in [3.63, 3.8) is 0 Å². The van der Waals surface area contributed by atoms with Crippen LogP contribution in [0.4, 0.5) is 0 Å². The van der Waals surface area contributed by atoms with Crippen LogP contribution in [0, 0.1) is 0 Å². The highest BCUT2D eigenvalue weighted by Crippen LogP contribution is 2.28. The number of Topliss-reactive ketones (excluding diaryl/α,β-unsaturated/α-hetero) is 1.